The molecule has 1 aromatic rings. The quantitative estimate of drug-likeness (QED) is 0.736. The zero-order valence-electron chi connectivity index (χ0n) is 6.84. The van der Waals surface area contributed by atoms with E-state index in [2.05, 4.69) is 4.98 Å². The monoisotopic (exact) mass is 191 g/mol. The van der Waals surface area contributed by atoms with Gasteiger partial charge in [0, 0.05) is 6.20 Å². The zero-order valence-corrected chi connectivity index (χ0v) is 6.84. The van der Waals surface area contributed by atoms with Gasteiger partial charge in [-0.2, -0.15) is 13.2 Å². The molecule has 0 aliphatic carbocycles. The molecule has 72 valence electrons. The van der Waals surface area contributed by atoms with Crippen molar-refractivity contribution in [3.8, 4) is 0 Å². The first-order chi connectivity index (χ1) is 5.91. The Balaban J connectivity index is 2.90. The Morgan fingerprint density at radius 2 is 2.00 bits per heavy atom. The minimum atomic E-state index is -4.65. The van der Waals surface area contributed by atoms with Gasteiger partial charge in [-0.05, 0) is 18.6 Å². The predicted octanol–water partition coefficient (Wildman–Crippen LogP) is 1.99. The molecule has 0 saturated heterocycles. The number of halogens is 3. The summed E-state index contributed by atoms with van der Waals surface area (Å²) in [6.45, 7) is 1.71. The Morgan fingerprint density at radius 3 is 2.38 bits per heavy atom. The van der Waals surface area contributed by atoms with Gasteiger partial charge in [0.1, 0.15) is 0 Å². The molecule has 0 aliphatic rings. The molecular formula is C8H8F3NO. The van der Waals surface area contributed by atoms with Crippen molar-refractivity contribution in [1.29, 1.82) is 0 Å². The van der Waals surface area contributed by atoms with Gasteiger partial charge in [-0.1, -0.05) is 6.07 Å². The third kappa shape index (κ3) is 2.42. The maximum absolute atomic E-state index is 11.9. The molecule has 0 bridgehead atoms. The van der Waals surface area contributed by atoms with Crippen molar-refractivity contribution in [1.82, 2.24) is 4.98 Å². The number of alkyl halides is 3. The normalized spacial score (nSPS) is 14.2. The van der Waals surface area contributed by atoms with E-state index in [9.17, 15) is 13.2 Å². The fourth-order valence-electron chi connectivity index (χ4n) is 0.809. The number of aryl methyl sites for hydroxylation is 1. The van der Waals surface area contributed by atoms with Crippen LogP contribution >= 0.6 is 0 Å². The second-order valence-electron chi connectivity index (χ2n) is 2.70. The maximum Gasteiger partial charge on any atom is 0.420 e. The summed E-state index contributed by atoms with van der Waals surface area (Å²) in [7, 11) is 0. The summed E-state index contributed by atoms with van der Waals surface area (Å²) in [6.07, 6.45) is -5.86. The summed E-state index contributed by atoms with van der Waals surface area (Å²) in [5.41, 5.74) is 0.372. The van der Waals surface area contributed by atoms with Crippen molar-refractivity contribution in [3.05, 3.63) is 29.6 Å². The first-order valence-corrected chi connectivity index (χ1v) is 3.58. The standard InChI is InChI=1S/C8H8F3NO/c1-5-2-3-6(12-4-5)7(13)8(9,10)11/h2-4,7,13H,1H3/t7-/m0/s1. The summed E-state index contributed by atoms with van der Waals surface area (Å²) >= 11 is 0. The number of pyridine rings is 1. The van der Waals surface area contributed by atoms with Crippen LogP contribution in [0.15, 0.2) is 18.3 Å². The molecule has 1 aromatic heterocycles. The van der Waals surface area contributed by atoms with E-state index in [1.54, 1.807) is 6.92 Å². The van der Waals surface area contributed by atoms with Crippen molar-refractivity contribution >= 4 is 0 Å². The number of hydrogen-bond donors (Lipinski definition) is 1. The molecule has 0 amide bonds. The average Bonchev–Trinajstić information content (AvgIpc) is 2.03. The van der Waals surface area contributed by atoms with Crippen LogP contribution in [0.5, 0.6) is 0 Å². The first kappa shape index (κ1) is 9.98. The van der Waals surface area contributed by atoms with Crippen LogP contribution in [0.2, 0.25) is 0 Å². The lowest BCUT2D eigenvalue weighted by Crippen LogP contribution is -2.21. The molecule has 1 heterocycles. The van der Waals surface area contributed by atoms with Crippen LogP contribution in [0.1, 0.15) is 17.4 Å². The highest BCUT2D eigenvalue weighted by Gasteiger charge is 2.40. The van der Waals surface area contributed by atoms with Gasteiger partial charge in [-0.25, -0.2) is 0 Å². The Labute approximate surface area is 73.0 Å². The molecule has 1 N–H and O–H groups in total. The SMILES string of the molecule is Cc1ccc([C@H](O)C(F)(F)F)nc1. The molecule has 13 heavy (non-hydrogen) atoms. The van der Waals surface area contributed by atoms with Crippen molar-refractivity contribution in [3.63, 3.8) is 0 Å². The Hall–Kier alpha value is -1.10. The minimum absolute atomic E-state index is 0.377. The van der Waals surface area contributed by atoms with Gasteiger partial charge in [0.15, 0.2) is 6.10 Å². The summed E-state index contributed by atoms with van der Waals surface area (Å²) in [5, 5.41) is 8.76. The van der Waals surface area contributed by atoms with Crippen LogP contribution in [0.25, 0.3) is 0 Å². The molecule has 0 fully saturated rings. The summed E-state index contributed by atoms with van der Waals surface area (Å²) in [4.78, 5) is 3.47. The topological polar surface area (TPSA) is 33.1 Å². The molecule has 0 unspecified atom stereocenters. The highest BCUT2D eigenvalue weighted by Crippen LogP contribution is 2.30. The molecule has 0 radical (unpaired) electrons. The molecule has 0 saturated carbocycles. The summed E-state index contributed by atoms with van der Waals surface area (Å²) in [6, 6.07) is 2.63. The lowest BCUT2D eigenvalue weighted by Gasteiger charge is -2.13. The number of aliphatic hydroxyl groups excluding tert-OH is 1. The van der Waals surface area contributed by atoms with Crippen LogP contribution in [0.3, 0.4) is 0 Å². The third-order valence-electron chi connectivity index (χ3n) is 1.52. The third-order valence-corrected chi connectivity index (χ3v) is 1.52. The summed E-state index contributed by atoms with van der Waals surface area (Å²) in [5.74, 6) is 0. The smallest absolute Gasteiger partial charge is 0.378 e. The van der Waals surface area contributed by atoms with E-state index < -0.39 is 12.3 Å². The van der Waals surface area contributed by atoms with E-state index in [0.717, 1.165) is 11.6 Å². The van der Waals surface area contributed by atoms with Crippen LogP contribution in [0.4, 0.5) is 13.2 Å². The Bertz CT molecular complexity index is 280. The Morgan fingerprint density at radius 1 is 1.38 bits per heavy atom. The van der Waals surface area contributed by atoms with Gasteiger partial charge in [0.2, 0.25) is 0 Å². The predicted molar refractivity (Wildman–Crippen MR) is 40.0 cm³/mol. The number of rotatable bonds is 1. The Kier molecular flexibility index (Phi) is 2.56. The fraction of sp³-hybridized carbons (Fsp3) is 0.375. The molecule has 1 rings (SSSR count). The lowest BCUT2D eigenvalue weighted by atomic mass is 10.2. The van der Waals surface area contributed by atoms with E-state index in [1.807, 2.05) is 0 Å². The first-order valence-electron chi connectivity index (χ1n) is 3.58. The van der Waals surface area contributed by atoms with Crippen molar-refractivity contribution < 1.29 is 18.3 Å². The van der Waals surface area contributed by atoms with E-state index in [1.165, 1.54) is 12.3 Å². The molecular weight excluding hydrogens is 183 g/mol. The van der Waals surface area contributed by atoms with Gasteiger partial charge in [0.05, 0.1) is 5.69 Å². The number of aromatic nitrogens is 1. The summed E-state index contributed by atoms with van der Waals surface area (Å²) < 4.78 is 35.8. The highest BCUT2D eigenvalue weighted by atomic mass is 19.4. The zero-order chi connectivity index (χ0) is 10.1. The van der Waals surface area contributed by atoms with E-state index in [0.29, 0.717) is 0 Å². The van der Waals surface area contributed by atoms with Crippen LogP contribution < -0.4 is 0 Å². The highest BCUT2D eigenvalue weighted by molar-refractivity contribution is 5.14. The van der Waals surface area contributed by atoms with Crippen molar-refractivity contribution in [2.45, 2.75) is 19.2 Å². The number of hydrogen-bond acceptors (Lipinski definition) is 2. The molecule has 5 heteroatoms. The maximum atomic E-state index is 11.9. The van der Waals surface area contributed by atoms with Gasteiger partial charge < -0.3 is 5.11 Å². The molecule has 0 spiro atoms. The molecule has 2 nitrogen and oxygen atoms in total. The van der Waals surface area contributed by atoms with Gasteiger partial charge in [0.25, 0.3) is 0 Å². The minimum Gasteiger partial charge on any atom is -0.378 e. The number of nitrogens with zero attached hydrogens (tertiary/aromatic N) is 1. The van der Waals surface area contributed by atoms with Gasteiger partial charge in [-0.15, -0.1) is 0 Å². The van der Waals surface area contributed by atoms with Crippen LogP contribution in [0, 0.1) is 6.92 Å². The van der Waals surface area contributed by atoms with Gasteiger partial charge in [-0.3, -0.25) is 4.98 Å². The van der Waals surface area contributed by atoms with E-state index >= 15 is 0 Å². The van der Waals surface area contributed by atoms with E-state index in [-0.39, 0.29) is 5.69 Å². The number of aliphatic hydroxyl groups is 1. The fourth-order valence-corrected chi connectivity index (χ4v) is 0.809. The second kappa shape index (κ2) is 3.33. The second-order valence-corrected chi connectivity index (χ2v) is 2.70. The largest absolute Gasteiger partial charge is 0.420 e. The van der Waals surface area contributed by atoms with Crippen LogP contribution in [-0.2, 0) is 0 Å². The van der Waals surface area contributed by atoms with Crippen molar-refractivity contribution in [2.75, 3.05) is 0 Å². The van der Waals surface area contributed by atoms with Crippen LogP contribution in [-0.4, -0.2) is 16.3 Å². The molecule has 1 atom stereocenters. The molecule has 0 aliphatic heterocycles. The van der Waals surface area contributed by atoms with Gasteiger partial charge >= 0.3 is 6.18 Å². The average molecular weight is 191 g/mol. The lowest BCUT2D eigenvalue weighted by molar-refractivity contribution is -0.207. The molecule has 0 aromatic carbocycles. The van der Waals surface area contributed by atoms with Crippen molar-refractivity contribution in [2.24, 2.45) is 0 Å². The van der Waals surface area contributed by atoms with E-state index in [4.69, 9.17) is 5.11 Å².